The summed E-state index contributed by atoms with van der Waals surface area (Å²) in [4.78, 5) is 55.5. The molecular formula is C31H34N6O3. The molecule has 9 nitrogen and oxygen atoms in total. The van der Waals surface area contributed by atoms with Crippen LogP contribution in [0.25, 0.3) is 21.9 Å². The van der Waals surface area contributed by atoms with Gasteiger partial charge in [-0.3, -0.25) is 14.4 Å². The summed E-state index contributed by atoms with van der Waals surface area (Å²) in [5.74, 6) is 0.0669. The molecule has 2 aromatic carbocycles. The second-order valence-corrected chi connectivity index (χ2v) is 12.5. The molecule has 206 valence electrons. The lowest BCUT2D eigenvalue weighted by molar-refractivity contribution is -0.135. The van der Waals surface area contributed by atoms with Crippen LogP contribution in [0.15, 0.2) is 48.5 Å². The lowest BCUT2D eigenvalue weighted by atomic mass is 9.84. The lowest BCUT2D eigenvalue weighted by Gasteiger charge is -2.46. The highest BCUT2D eigenvalue weighted by Crippen LogP contribution is 2.72. The number of hydrogen-bond donors (Lipinski definition) is 3. The molecule has 3 amide bonds. The number of para-hydroxylation sites is 3. The number of fused-ring (bicyclic) bond motifs is 2. The minimum atomic E-state index is -0.647. The van der Waals surface area contributed by atoms with E-state index in [9.17, 15) is 14.4 Å². The number of benzene rings is 2. The zero-order valence-electron chi connectivity index (χ0n) is 23.2. The number of hydrogen-bond acceptors (Lipinski definition) is 4. The van der Waals surface area contributed by atoms with Crippen molar-refractivity contribution in [3.05, 3.63) is 65.6 Å². The van der Waals surface area contributed by atoms with E-state index in [0.717, 1.165) is 33.9 Å². The van der Waals surface area contributed by atoms with Gasteiger partial charge in [0.05, 0.1) is 22.6 Å². The van der Waals surface area contributed by atoms with E-state index in [1.165, 1.54) is 0 Å². The van der Waals surface area contributed by atoms with Crippen molar-refractivity contribution in [2.45, 2.75) is 58.2 Å². The number of likely N-dealkylation sites (tertiary alicyclic amines) is 2. The van der Waals surface area contributed by atoms with Gasteiger partial charge in [0.2, 0.25) is 5.91 Å². The number of carbonyl (C=O) groups excluding carboxylic acids is 3. The van der Waals surface area contributed by atoms with E-state index < -0.39 is 6.04 Å². The average Bonchev–Trinajstić information content (AvgIpc) is 3.22. The largest absolute Gasteiger partial charge is 0.350 e. The Hall–Kier alpha value is -4.14. The maximum Gasteiger partial charge on any atom is 0.290 e. The molecule has 9 heteroatoms. The second-order valence-electron chi connectivity index (χ2n) is 12.5. The van der Waals surface area contributed by atoms with Gasteiger partial charge in [0, 0.05) is 29.4 Å². The van der Waals surface area contributed by atoms with Gasteiger partial charge in [-0.1, -0.05) is 44.2 Å². The molecule has 2 saturated heterocycles. The molecule has 0 radical (unpaired) electrons. The third-order valence-corrected chi connectivity index (χ3v) is 9.56. The molecule has 2 aromatic heterocycles. The van der Waals surface area contributed by atoms with Crippen molar-refractivity contribution < 1.29 is 14.4 Å². The first-order valence-corrected chi connectivity index (χ1v) is 14.1. The number of rotatable bonds is 6. The normalized spacial score (nSPS) is 25.6. The van der Waals surface area contributed by atoms with E-state index in [4.69, 9.17) is 0 Å². The fraction of sp³-hybridized carbons (Fsp3) is 0.419. The summed E-state index contributed by atoms with van der Waals surface area (Å²) in [6.07, 6.45) is 1.40. The van der Waals surface area contributed by atoms with E-state index >= 15 is 0 Å². The van der Waals surface area contributed by atoms with Crippen LogP contribution in [0.2, 0.25) is 0 Å². The maximum atomic E-state index is 14.1. The minimum absolute atomic E-state index is 0.0470. The average molecular weight is 539 g/mol. The Bertz CT molecular complexity index is 1670. The van der Waals surface area contributed by atoms with E-state index in [2.05, 4.69) is 41.0 Å². The second kappa shape index (κ2) is 8.43. The molecule has 1 spiro atoms. The number of aromatic amines is 2. The van der Waals surface area contributed by atoms with E-state index in [-0.39, 0.29) is 40.6 Å². The first-order chi connectivity index (χ1) is 19.1. The SMILES string of the molecule is Cc1cccc2cc(C(=O)N[C@@H](CC(C)C)C(=O)N3CC4N(C(=O)c5nc6ccccc6[nH]5)CC45CC35C)[nH]c12. The van der Waals surface area contributed by atoms with Crippen molar-refractivity contribution in [2.75, 3.05) is 13.1 Å². The fourth-order valence-corrected chi connectivity index (χ4v) is 7.27. The van der Waals surface area contributed by atoms with Gasteiger partial charge < -0.3 is 25.1 Å². The van der Waals surface area contributed by atoms with Crippen LogP contribution in [0.5, 0.6) is 0 Å². The molecule has 3 N–H and O–H groups in total. The first kappa shape index (κ1) is 24.9. The summed E-state index contributed by atoms with van der Waals surface area (Å²) in [5, 5.41) is 4.01. The molecule has 3 fully saturated rings. The summed E-state index contributed by atoms with van der Waals surface area (Å²) in [6, 6.07) is 14.7. The van der Waals surface area contributed by atoms with Crippen LogP contribution >= 0.6 is 0 Å². The number of nitrogens with one attached hydrogen (secondary N) is 3. The van der Waals surface area contributed by atoms with Crippen LogP contribution in [-0.4, -0.2) is 73.2 Å². The van der Waals surface area contributed by atoms with Crippen LogP contribution in [0.1, 0.15) is 60.3 Å². The van der Waals surface area contributed by atoms with Gasteiger partial charge in [-0.05, 0) is 56.4 Å². The number of aryl methyl sites for hydroxylation is 1. The van der Waals surface area contributed by atoms with Gasteiger partial charge in [0.25, 0.3) is 11.8 Å². The molecule has 4 aromatic rings. The van der Waals surface area contributed by atoms with Crippen molar-refractivity contribution in [3.8, 4) is 0 Å². The number of amides is 3. The highest BCUT2D eigenvalue weighted by Gasteiger charge is 2.83. The van der Waals surface area contributed by atoms with Crippen molar-refractivity contribution in [1.82, 2.24) is 30.1 Å². The van der Waals surface area contributed by atoms with Gasteiger partial charge in [-0.15, -0.1) is 0 Å². The van der Waals surface area contributed by atoms with Crippen LogP contribution in [0, 0.1) is 18.3 Å². The van der Waals surface area contributed by atoms with E-state index in [0.29, 0.717) is 31.0 Å². The number of piperidine rings is 1. The smallest absolute Gasteiger partial charge is 0.290 e. The molecule has 3 aliphatic rings. The van der Waals surface area contributed by atoms with Gasteiger partial charge in [-0.2, -0.15) is 0 Å². The molecule has 1 aliphatic carbocycles. The van der Waals surface area contributed by atoms with Gasteiger partial charge in [0.1, 0.15) is 11.7 Å². The lowest BCUT2D eigenvalue weighted by Crippen LogP contribution is -2.61. The number of imidazole rings is 1. The highest BCUT2D eigenvalue weighted by molar-refractivity contribution is 6.01. The number of H-pyrrole nitrogens is 2. The van der Waals surface area contributed by atoms with Crippen LogP contribution < -0.4 is 5.32 Å². The predicted molar refractivity (Wildman–Crippen MR) is 152 cm³/mol. The van der Waals surface area contributed by atoms with Crippen molar-refractivity contribution in [3.63, 3.8) is 0 Å². The zero-order valence-corrected chi connectivity index (χ0v) is 23.2. The van der Waals surface area contributed by atoms with Crippen molar-refractivity contribution in [1.29, 1.82) is 0 Å². The third-order valence-electron chi connectivity index (χ3n) is 9.56. The topological polar surface area (TPSA) is 114 Å². The van der Waals surface area contributed by atoms with Crippen LogP contribution in [-0.2, 0) is 4.79 Å². The zero-order chi connectivity index (χ0) is 28.0. The van der Waals surface area contributed by atoms with Gasteiger partial charge in [0.15, 0.2) is 5.82 Å². The molecule has 40 heavy (non-hydrogen) atoms. The quantitative estimate of drug-likeness (QED) is 0.344. The van der Waals surface area contributed by atoms with Crippen molar-refractivity contribution in [2.24, 2.45) is 11.3 Å². The summed E-state index contributed by atoms with van der Waals surface area (Å²) in [7, 11) is 0. The molecule has 3 unspecified atom stereocenters. The van der Waals surface area contributed by atoms with Gasteiger partial charge >= 0.3 is 0 Å². The Kier molecular flexibility index (Phi) is 5.24. The Morgan fingerprint density at radius 1 is 1.12 bits per heavy atom. The Labute approximate surface area is 232 Å². The maximum absolute atomic E-state index is 14.1. The van der Waals surface area contributed by atoms with Gasteiger partial charge in [-0.25, -0.2) is 4.98 Å². The molecule has 0 bridgehead atoms. The summed E-state index contributed by atoms with van der Waals surface area (Å²) >= 11 is 0. The number of aromatic nitrogens is 3. The van der Waals surface area contributed by atoms with Crippen molar-refractivity contribution >= 4 is 39.7 Å². The van der Waals surface area contributed by atoms with E-state index in [1.54, 1.807) is 0 Å². The first-order valence-electron chi connectivity index (χ1n) is 14.1. The Balaban J connectivity index is 1.10. The minimum Gasteiger partial charge on any atom is -0.350 e. The summed E-state index contributed by atoms with van der Waals surface area (Å²) < 4.78 is 0. The highest BCUT2D eigenvalue weighted by atomic mass is 16.2. The molecule has 1 saturated carbocycles. The van der Waals surface area contributed by atoms with Crippen LogP contribution in [0.4, 0.5) is 0 Å². The van der Waals surface area contributed by atoms with Crippen LogP contribution in [0.3, 0.4) is 0 Å². The molecular weight excluding hydrogens is 504 g/mol. The molecule has 4 atom stereocenters. The van der Waals surface area contributed by atoms with E-state index in [1.807, 2.05) is 65.3 Å². The number of nitrogens with zero attached hydrogens (tertiary/aromatic N) is 3. The number of carbonyl (C=O) groups is 3. The molecule has 4 heterocycles. The molecule has 2 aliphatic heterocycles. The third kappa shape index (κ3) is 3.46. The standard InChI is InChI=1S/C31H34N6O3/c1-17(2)12-23(35-27(38)22-13-19-9-7-8-18(3)25(19)32-22)28(39)37-14-24-31(15-30(31,37)4)16-36(24)29(40)26-33-20-10-5-6-11-21(20)34-26/h5-11,13,17,23-24,32H,12,14-16H2,1-4H3,(H,33,34)(H,35,38)/t23-,24?,30?,31?/m0/s1. The predicted octanol–water partition coefficient (Wildman–Crippen LogP) is 4.01. The molecule has 7 rings (SSSR count). The summed E-state index contributed by atoms with van der Waals surface area (Å²) in [5.41, 5.74) is 3.65. The Morgan fingerprint density at radius 3 is 2.67 bits per heavy atom. The monoisotopic (exact) mass is 538 g/mol. The Morgan fingerprint density at radius 2 is 1.93 bits per heavy atom. The summed E-state index contributed by atoms with van der Waals surface area (Å²) in [6.45, 7) is 9.33. The fourth-order valence-electron chi connectivity index (χ4n) is 7.27.